The minimum Gasteiger partial charge on any atom is -0.496 e. The number of carbonyl (C=O) groups excluding carboxylic acids is 1. The average Bonchev–Trinajstić information content (AvgIpc) is 3.19. The Hall–Kier alpha value is -2.61. The molecule has 0 radical (unpaired) electrons. The summed E-state index contributed by atoms with van der Waals surface area (Å²) in [6.45, 7) is 10.0. The first-order valence-electron chi connectivity index (χ1n) is 9.59. The average molecular weight is 422 g/mol. The zero-order valence-electron chi connectivity index (χ0n) is 17.7. The number of methoxy groups -OCH3 is 1. The van der Waals surface area contributed by atoms with Gasteiger partial charge in [0.05, 0.1) is 19.9 Å². The predicted octanol–water partition coefficient (Wildman–Crippen LogP) is 5.40. The SMILES string of the molecule is CC.CC.CCOC(=O)c1cnn2ccc(SCc3cc(F)ccc3OC)nc12. The van der Waals surface area contributed by atoms with Crippen LogP contribution in [0.5, 0.6) is 5.75 Å². The summed E-state index contributed by atoms with van der Waals surface area (Å²) < 4.78 is 25.2. The third kappa shape index (κ3) is 6.45. The first-order valence-corrected chi connectivity index (χ1v) is 10.6. The molecule has 0 unspecified atom stereocenters. The quantitative estimate of drug-likeness (QED) is 0.302. The van der Waals surface area contributed by atoms with E-state index in [4.69, 9.17) is 9.47 Å². The van der Waals surface area contributed by atoms with E-state index in [2.05, 4.69) is 10.1 Å². The number of esters is 1. The Labute approximate surface area is 175 Å². The van der Waals surface area contributed by atoms with E-state index in [0.717, 1.165) is 5.56 Å². The lowest BCUT2D eigenvalue weighted by atomic mass is 10.2. The number of halogens is 1. The summed E-state index contributed by atoms with van der Waals surface area (Å²) in [7, 11) is 1.55. The second-order valence-corrected chi connectivity index (χ2v) is 6.05. The van der Waals surface area contributed by atoms with Crippen molar-refractivity contribution in [3.8, 4) is 5.75 Å². The zero-order chi connectivity index (χ0) is 21.8. The molecule has 2 heterocycles. The molecule has 0 N–H and O–H groups in total. The van der Waals surface area contributed by atoms with Crippen molar-refractivity contribution >= 4 is 23.4 Å². The standard InChI is InChI=1S/C17H16FN3O3S.2C2H6/c1-3-24-17(22)13-9-19-21-7-6-15(20-16(13)21)25-10-11-8-12(18)4-5-14(11)23-2;2*1-2/h4-9H,3,10H2,1-2H3;2*1-2H3. The number of nitrogens with zero attached hydrogens (tertiary/aromatic N) is 3. The van der Waals surface area contributed by atoms with Gasteiger partial charge in [-0.1, -0.05) is 27.7 Å². The molecule has 1 aromatic carbocycles. The van der Waals surface area contributed by atoms with Crippen molar-refractivity contribution in [2.45, 2.75) is 45.4 Å². The highest BCUT2D eigenvalue weighted by Gasteiger charge is 2.16. The Balaban J connectivity index is 0.000000989. The summed E-state index contributed by atoms with van der Waals surface area (Å²) in [6.07, 6.45) is 3.15. The van der Waals surface area contributed by atoms with Crippen molar-refractivity contribution in [2.75, 3.05) is 13.7 Å². The van der Waals surface area contributed by atoms with E-state index in [1.54, 1.807) is 32.4 Å². The Kier molecular flexibility index (Phi) is 10.8. The molecule has 2 aromatic heterocycles. The molecule has 29 heavy (non-hydrogen) atoms. The lowest BCUT2D eigenvalue weighted by Crippen LogP contribution is -2.05. The zero-order valence-corrected chi connectivity index (χ0v) is 18.5. The van der Waals surface area contributed by atoms with Crippen LogP contribution in [0, 0.1) is 5.82 Å². The number of fused-ring (bicyclic) bond motifs is 1. The van der Waals surface area contributed by atoms with Gasteiger partial charge in [-0.05, 0) is 31.2 Å². The maximum atomic E-state index is 13.4. The molecule has 0 aliphatic heterocycles. The van der Waals surface area contributed by atoms with Crippen molar-refractivity contribution in [2.24, 2.45) is 0 Å². The third-order valence-electron chi connectivity index (χ3n) is 3.46. The fourth-order valence-electron chi connectivity index (χ4n) is 2.30. The van der Waals surface area contributed by atoms with E-state index in [9.17, 15) is 9.18 Å². The van der Waals surface area contributed by atoms with E-state index >= 15 is 0 Å². The summed E-state index contributed by atoms with van der Waals surface area (Å²) in [5.74, 6) is 0.318. The van der Waals surface area contributed by atoms with Gasteiger partial charge in [0.1, 0.15) is 22.2 Å². The van der Waals surface area contributed by atoms with Gasteiger partial charge in [0.25, 0.3) is 0 Å². The molecule has 0 saturated heterocycles. The van der Waals surface area contributed by atoms with Crippen LogP contribution in [-0.4, -0.2) is 34.3 Å². The van der Waals surface area contributed by atoms with E-state index in [1.807, 2.05) is 27.7 Å². The molecule has 8 heteroatoms. The monoisotopic (exact) mass is 421 g/mol. The van der Waals surface area contributed by atoms with Crippen LogP contribution in [0.15, 0.2) is 41.7 Å². The minimum atomic E-state index is -0.459. The van der Waals surface area contributed by atoms with Crippen LogP contribution in [0.1, 0.15) is 50.5 Å². The molecule has 0 atom stereocenters. The van der Waals surface area contributed by atoms with E-state index in [0.29, 0.717) is 27.7 Å². The van der Waals surface area contributed by atoms with Crippen molar-refractivity contribution in [3.63, 3.8) is 0 Å². The molecular formula is C21H28FN3O3S. The fraction of sp³-hybridized carbons (Fsp3) is 0.381. The van der Waals surface area contributed by atoms with Crippen LogP contribution in [0.4, 0.5) is 4.39 Å². The molecule has 0 bridgehead atoms. The van der Waals surface area contributed by atoms with Crippen molar-refractivity contribution in [1.82, 2.24) is 14.6 Å². The number of rotatable bonds is 6. The van der Waals surface area contributed by atoms with Gasteiger partial charge >= 0.3 is 5.97 Å². The molecular weight excluding hydrogens is 393 g/mol. The Morgan fingerprint density at radius 1 is 1.21 bits per heavy atom. The normalized spacial score (nSPS) is 9.76. The van der Waals surface area contributed by atoms with Crippen LogP contribution in [0.3, 0.4) is 0 Å². The first kappa shape index (κ1) is 24.4. The number of aromatic nitrogens is 3. The third-order valence-corrected chi connectivity index (χ3v) is 4.44. The number of carbonyl (C=O) groups is 1. The molecule has 0 spiro atoms. The smallest absolute Gasteiger partial charge is 0.343 e. The van der Waals surface area contributed by atoms with Crippen molar-refractivity contribution < 1.29 is 18.7 Å². The Morgan fingerprint density at radius 3 is 2.59 bits per heavy atom. The first-order chi connectivity index (χ1) is 14.1. The molecule has 0 aliphatic rings. The Bertz CT molecular complexity index is 915. The lowest BCUT2D eigenvalue weighted by molar-refractivity contribution is 0.0528. The van der Waals surface area contributed by atoms with Gasteiger partial charge in [-0.25, -0.2) is 18.7 Å². The number of thioether (sulfide) groups is 1. The lowest BCUT2D eigenvalue weighted by Gasteiger charge is -2.08. The molecule has 3 aromatic rings. The highest BCUT2D eigenvalue weighted by atomic mass is 32.2. The Morgan fingerprint density at radius 2 is 1.93 bits per heavy atom. The maximum absolute atomic E-state index is 13.4. The molecule has 158 valence electrons. The minimum absolute atomic E-state index is 0.282. The molecule has 0 aliphatic carbocycles. The summed E-state index contributed by atoms with van der Waals surface area (Å²) >= 11 is 1.41. The molecule has 3 rings (SSSR count). The highest BCUT2D eigenvalue weighted by Crippen LogP contribution is 2.28. The van der Waals surface area contributed by atoms with Gasteiger partial charge in [0.15, 0.2) is 5.65 Å². The van der Waals surface area contributed by atoms with Gasteiger partial charge in [-0.2, -0.15) is 5.10 Å². The van der Waals surface area contributed by atoms with Crippen molar-refractivity contribution in [3.05, 3.63) is 53.6 Å². The fourth-order valence-corrected chi connectivity index (χ4v) is 3.13. The van der Waals surface area contributed by atoms with E-state index in [1.165, 1.54) is 34.6 Å². The van der Waals surface area contributed by atoms with Crippen LogP contribution in [0.25, 0.3) is 5.65 Å². The van der Waals surface area contributed by atoms with Gasteiger partial charge in [-0.15, -0.1) is 11.8 Å². The van der Waals surface area contributed by atoms with Crippen molar-refractivity contribution in [1.29, 1.82) is 0 Å². The van der Waals surface area contributed by atoms with Crippen LogP contribution in [-0.2, 0) is 10.5 Å². The largest absolute Gasteiger partial charge is 0.496 e. The number of benzene rings is 1. The van der Waals surface area contributed by atoms with Gasteiger partial charge < -0.3 is 9.47 Å². The molecule has 0 fully saturated rings. The topological polar surface area (TPSA) is 65.7 Å². The number of ether oxygens (including phenoxy) is 2. The summed E-state index contributed by atoms with van der Waals surface area (Å²) in [6, 6.07) is 6.17. The predicted molar refractivity (Wildman–Crippen MR) is 114 cm³/mol. The van der Waals surface area contributed by atoms with Crippen LogP contribution < -0.4 is 4.74 Å². The molecule has 0 amide bonds. The van der Waals surface area contributed by atoms with E-state index < -0.39 is 5.97 Å². The second kappa shape index (κ2) is 12.8. The number of hydrogen-bond donors (Lipinski definition) is 0. The van der Waals surface area contributed by atoms with Gasteiger partial charge in [-0.3, -0.25) is 0 Å². The second-order valence-electron chi connectivity index (χ2n) is 5.06. The van der Waals surface area contributed by atoms with Gasteiger partial charge in [0.2, 0.25) is 0 Å². The van der Waals surface area contributed by atoms with Crippen LogP contribution in [0.2, 0.25) is 0 Å². The van der Waals surface area contributed by atoms with Crippen LogP contribution >= 0.6 is 11.8 Å². The van der Waals surface area contributed by atoms with E-state index in [-0.39, 0.29) is 12.4 Å². The highest BCUT2D eigenvalue weighted by molar-refractivity contribution is 7.98. The maximum Gasteiger partial charge on any atom is 0.343 e. The summed E-state index contributed by atoms with van der Waals surface area (Å²) in [5, 5.41) is 4.78. The summed E-state index contributed by atoms with van der Waals surface area (Å²) in [4.78, 5) is 16.4. The number of hydrogen-bond acceptors (Lipinski definition) is 6. The van der Waals surface area contributed by atoms with Gasteiger partial charge in [0, 0.05) is 17.5 Å². The summed E-state index contributed by atoms with van der Waals surface area (Å²) in [5.41, 5.74) is 1.47. The molecule has 0 saturated carbocycles. The molecule has 6 nitrogen and oxygen atoms in total.